The lowest BCUT2D eigenvalue weighted by atomic mass is 10.2. The maximum atomic E-state index is 9.66. The normalized spacial score (nSPS) is 11.4. The van der Waals surface area contributed by atoms with E-state index in [2.05, 4.69) is 0 Å². The molecule has 9 heavy (non-hydrogen) atoms. The second-order valence-corrected chi connectivity index (χ2v) is 1.83. The minimum absolute atomic E-state index is 0.0337. The fourth-order valence-corrected chi connectivity index (χ4v) is 0.319. The van der Waals surface area contributed by atoms with Gasteiger partial charge in [0.25, 0.3) is 6.54 Å². The van der Waals surface area contributed by atoms with Gasteiger partial charge in [0.05, 0.1) is 0 Å². The maximum Gasteiger partial charge on any atom is 0.256 e. The van der Waals surface area contributed by atoms with Crippen molar-refractivity contribution in [2.45, 2.75) is 19.1 Å². The zero-order valence-electron chi connectivity index (χ0n) is 5.07. The Morgan fingerprint density at radius 3 is 2.22 bits per heavy atom. The van der Waals surface area contributed by atoms with E-state index in [1.807, 2.05) is 0 Å². The highest BCUT2D eigenvalue weighted by Crippen LogP contribution is 2.03. The third-order valence-corrected chi connectivity index (χ3v) is 0.949. The third-order valence-electron chi connectivity index (χ3n) is 0.949. The van der Waals surface area contributed by atoms with Crippen LogP contribution in [0.25, 0.3) is 0 Å². The summed E-state index contributed by atoms with van der Waals surface area (Å²) in [7, 11) is 0. The van der Waals surface area contributed by atoms with E-state index in [1.165, 1.54) is 6.92 Å². The molecule has 0 fully saturated rings. The summed E-state index contributed by atoms with van der Waals surface area (Å²) in [6, 6.07) is 0. The second kappa shape index (κ2) is 2.75. The first-order valence-corrected chi connectivity index (χ1v) is 2.54. The number of aliphatic hydroxyl groups is 2. The van der Waals surface area contributed by atoms with E-state index in [0.717, 1.165) is 0 Å². The van der Waals surface area contributed by atoms with Crippen LogP contribution in [0.4, 0.5) is 0 Å². The second-order valence-electron chi connectivity index (χ2n) is 1.83. The van der Waals surface area contributed by atoms with E-state index in [1.54, 1.807) is 0 Å². The predicted molar refractivity (Wildman–Crippen MR) is 29.3 cm³/mol. The molecule has 0 unspecified atom stereocenters. The van der Waals surface area contributed by atoms with E-state index < -0.39 is 17.3 Å². The maximum absolute atomic E-state index is 9.66. The molecule has 5 heteroatoms. The molecule has 5 nitrogen and oxygen atoms in total. The molecule has 0 aromatic carbocycles. The smallest absolute Gasteiger partial charge is 0.256 e. The SMILES string of the molecule is CCC(O)(O)C[N+](=O)[O-]. The molecule has 0 saturated carbocycles. The van der Waals surface area contributed by atoms with Crippen molar-refractivity contribution < 1.29 is 15.1 Å². The van der Waals surface area contributed by atoms with Gasteiger partial charge in [0.1, 0.15) is 0 Å². The van der Waals surface area contributed by atoms with Gasteiger partial charge in [-0.05, 0) is 0 Å². The fourth-order valence-electron chi connectivity index (χ4n) is 0.319. The summed E-state index contributed by atoms with van der Waals surface area (Å²) in [4.78, 5) is 8.90. The van der Waals surface area contributed by atoms with Crippen molar-refractivity contribution in [2.75, 3.05) is 6.54 Å². The van der Waals surface area contributed by atoms with Crippen LogP contribution in [-0.4, -0.2) is 27.5 Å². The number of hydrogen-bond donors (Lipinski definition) is 2. The Balaban J connectivity index is 3.71. The summed E-state index contributed by atoms with van der Waals surface area (Å²) in [5.41, 5.74) is 0. The summed E-state index contributed by atoms with van der Waals surface area (Å²) < 4.78 is 0. The first-order chi connectivity index (χ1) is 3.98. The molecule has 0 aliphatic heterocycles. The topological polar surface area (TPSA) is 83.6 Å². The standard InChI is InChI=1S/C4H9NO4/c1-2-4(6,7)3-5(8)9/h6-7H,2-3H2,1H3. The molecule has 0 rings (SSSR count). The molecule has 0 radical (unpaired) electrons. The van der Waals surface area contributed by atoms with E-state index in [9.17, 15) is 10.1 Å². The summed E-state index contributed by atoms with van der Waals surface area (Å²) in [6.45, 7) is 0.646. The highest BCUT2D eigenvalue weighted by atomic mass is 16.6. The molecule has 0 aromatic rings. The van der Waals surface area contributed by atoms with Crippen LogP contribution in [0.1, 0.15) is 13.3 Å². The van der Waals surface area contributed by atoms with Crippen LogP contribution in [0.2, 0.25) is 0 Å². The van der Waals surface area contributed by atoms with Gasteiger partial charge in [-0.1, -0.05) is 6.92 Å². The van der Waals surface area contributed by atoms with Crippen molar-refractivity contribution in [3.05, 3.63) is 10.1 Å². The van der Waals surface area contributed by atoms with E-state index in [0.29, 0.717) is 0 Å². The van der Waals surface area contributed by atoms with Gasteiger partial charge >= 0.3 is 0 Å². The Kier molecular flexibility index (Phi) is 2.54. The molecule has 0 aromatic heterocycles. The van der Waals surface area contributed by atoms with Crippen molar-refractivity contribution in [1.82, 2.24) is 0 Å². The van der Waals surface area contributed by atoms with Gasteiger partial charge in [0.2, 0.25) is 5.79 Å². The van der Waals surface area contributed by atoms with E-state index >= 15 is 0 Å². The highest BCUT2D eigenvalue weighted by Gasteiger charge is 2.26. The van der Waals surface area contributed by atoms with Crippen LogP contribution in [0.5, 0.6) is 0 Å². The summed E-state index contributed by atoms with van der Waals surface area (Å²) in [5.74, 6) is -2.14. The van der Waals surface area contributed by atoms with Crippen LogP contribution in [0, 0.1) is 10.1 Å². The van der Waals surface area contributed by atoms with Gasteiger partial charge in [0, 0.05) is 11.3 Å². The highest BCUT2D eigenvalue weighted by molar-refractivity contribution is 4.57. The third kappa shape index (κ3) is 3.87. The van der Waals surface area contributed by atoms with Crippen LogP contribution >= 0.6 is 0 Å². The minimum Gasteiger partial charge on any atom is -0.361 e. The molecule has 0 aliphatic rings. The van der Waals surface area contributed by atoms with Gasteiger partial charge < -0.3 is 10.2 Å². The molecule has 0 amide bonds. The number of nitro groups is 1. The average Bonchev–Trinajstić information content (AvgIpc) is 1.63. The molecule has 0 bridgehead atoms. The number of nitrogens with zero attached hydrogens (tertiary/aromatic N) is 1. The number of rotatable bonds is 3. The Bertz CT molecular complexity index is 111. The summed E-state index contributed by atoms with van der Waals surface area (Å²) in [5, 5.41) is 26.9. The first kappa shape index (κ1) is 8.32. The van der Waals surface area contributed by atoms with E-state index in [4.69, 9.17) is 10.2 Å². The Hall–Kier alpha value is -0.680. The van der Waals surface area contributed by atoms with Crippen molar-refractivity contribution in [3.63, 3.8) is 0 Å². The lowest BCUT2D eigenvalue weighted by molar-refractivity contribution is -0.517. The van der Waals surface area contributed by atoms with Gasteiger partial charge in [-0.25, -0.2) is 0 Å². The molecule has 0 spiro atoms. The van der Waals surface area contributed by atoms with E-state index in [-0.39, 0.29) is 6.42 Å². The largest absolute Gasteiger partial charge is 0.361 e. The molecule has 2 N–H and O–H groups in total. The van der Waals surface area contributed by atoms with Crippen LogP contribution in [-0.2, 0) is 0 Å². The monoisotopic (exact) mass is 135 g/mol. The van der Waals surface area contributed by atoms with Crippen molar-refractivity contribution in [3.8, 4) is 0 Å². The molecular formula is C4H9NO4. The molecule has 0 heterocycles. The Morgan fingerprint density at radius 1 is 1.67 bits per heavy atom. The van der Waals surface area contributed by atoms with Gasteiger partial charge in [-0.3, -0.25) is 10.1 Å². The number of hydrogen-bond acceptors (Lipinski definition) is 4. The first-order valence-electron chi connectivity index (χ1n) is 2.54. The van der Waals surface area contributed by atoms with Crippen LogP contribution in [0.15, 0.2) is 0 Å². The molecule has 0 aliphatic carbocycles. The van der Waals surface area contributed by atoms with Gasteiger partial charge in [0.15, 0.2) is 0 Å². The van der Waals surface area contributed by atoms with Gasteiger partial charge in [-0.15, -0.1) is 0 Å². The molecule has 0 atom stereocenters. The fraction of sp³-hybridized carbons (Fsp3) is 1.00. The van der Waals surface area contributed by atoms with Gasteiger partial charge in [-0.2, -0.15) is 0 Å². The lowest BCUT2D eigenvalue weighted by Gasteiger charge is -2.12. The molecular weight excluding hydrogens is 126 g/mol. The van der Waals surface area contributed by atoms with Crippen molar-refractivity contribution >= 4 is 0 Å². The zero-order valence-corrected chi connectivity index (χ0v) is 5.07. The molecule has 54 valence electrons. The van der Waals surface area contributed by atoms with Crippen LogP contribution in [0.3, 0.4) is 0 Å². The Labute approximate surface area is 52.1 Å². The van der Waals surface area contributed by atoms with Crippen molar-refractivity contribution in [1.29, 1.82) is 0 Å². The average molecular weight is 135 g/mol. The van der Waals surface area contributed by atoms with Crippen molar-refractivity contribution in [2.24, 2.45) is 0 Å². The minimum atomic E-state index is -2.14. The summed E-state index contributed by atoms with van der Waals surface area (Å²) >= 11 is 0. The predicted octanol–water partition coefficient (Wildman–Crippen LogP) is -0.646. The lowest BCUT2D eigenvalue weighted by Crippen LogP contribution is -2.35. The van der Waals surface area contributed by atoms with Crippen LogP contribution < -0.4 is 0 Å². The molecule has 0 saturated heterocycles. The quantitative estimate of drug-likeness (QED) is 0.306. The summed E-state index contributed by atoms with van der Waals surface area (Å²) in [6.07, 6.45) is -0.0337. The zero-order chi connectivity index (χ0) is 7.49. The Morgan fingerprint density at radius 2 is 2.11 bits per heavy atom.